The third-order valence-electron chi connectivity index (χ3n) is 3.58. The molecular weight excluding hydrogens is 322 g/mol. The van der Waals surface area contributed by atoms with Crippen molar-refractivity contribution in [2.75, 3.05) is 5.32 Å². The number of anilines is 1. The second kappa shape index (κ2) is 6.25. The van der Waals surface area contributed by atoms with Gasteiger partial charge in [-0.3, -0.25) is 9.78 Å². The largest absolute Gasteiger partial charge is 0.505 e. The number of hydrogen-bond acceptors (Lipinski definition) is 5. The maximum Gasteiger partial charge on any atom is 0.259 e. The van der Waals surface area contributed by atoms with Gasteiger partial charge in [0, 0.05) is 17.3 Å². The molecule has 24 heavy (non-hydrogen) atoms. The van der Waals surface area contributed by atoms with Crippen molar-refractivity contribution in [2.24, 2.45) is 0 Å². The minimum absolute atomic E-state index is 0. The van der Waals surface area contributed by atoms with Crippen molar-refractivity contribution in [3.63, 3.8) is 0 Å². The van der Waals surface area contributed by atoms with E-state index >= 15 is 0 Å². The van der Waals surface area contributed by atoms with Gasteiger partial charge in [0.2, 0.25) is 0 Å². The van der Waals surface area contributed by atoms with Crippen LogP contribution in [-0.4, -0.2) is 21.0 Å². The van der Waals surface area contributed by atoms with Gasteiger partial charge in [0.05, 0.1) is 21.3 Å². The fourth-order valence-corrected chi connectivity index (χ4v) is 3.16. The lowest BCUT2D eigenvalue weighted by Crippen LogP contribution is -2.12. The first kappa shape index (κ1) is 15.9. The molecule has 2 N–H and O–H groups in total. The van der Waals surface area contributed by atoms with Crippen LogP contribution in [0.2, 0.25) is 0 Å². The lowest BCUT2D eigenvalue weighted by Gasteiger charge is -2.08. The number of carbonyl (C=O) groups excluding carboxylic acids is 1. The van der Waals surface area contributed by atoms with Crippen LogP contribution in [0.3, 0.4) is 0 Å². The Morgan fingerprint density at radius 1 is 1.12 bits per heavy atom. The van der Waals surface area contributed by atoms with E-state index in [0.717, 1.165) is 15.6 Å². The Morgan fingerprint density at radius 2 is 2.00 bits per heavy atom. The summed E-state index contributed by atoms with van der Waals surface area (Å²) in [4.78, 5) is 20.8. The van der Waals surface area contributed by atoms with Gasteiger partial charge in [-0.15, -0.1) is 11.3 Å². The Balaban J connectivity index is 0.00000169. The summed E-state index contributed by atoms with van der Waals surface area (Å²) in [5, 5.41) is 13.9. The smallest absolute Gasteiger partial charge is 0.259 e. The number of benzene rings is 2. The lowest BCUT2D eigenvalue weighted by molar-refractivity contribution is 0.102. The van der Waals surface area contributed by atoms with Gasteiger partial charge in [0.15, 0.2) is 5.75 Å². The van der Waals surface area contributed by atoms with E-state index in [1.54, 1.807) is 36.0 Å². The van der Waals surface area contributed by atoms with Gasteiger partial charge in [0.25, 0.3) is 5.91 Å². The van der Waals surface area contributed by atoms with Crippen LogP contribution in [0.5, 0.6) is 5.75 Å². The van der Waals surface area contributed by atoms with E-state index < -0.39 is 0 Å². The fraction of sp³-hybridized carbons (Fsp3) is 0.0556. The molecule has 0 aliphatic rings. The Kier molecular flexibility index (Phi) is 4.14. The molecule has 0 saturated carbocycles. The number of fused-ring (bicyclic) bond motifs is 2. The van der Waals surface area contributed by atoms with Gasteiger partial charge in [-0.2, -0.15) is 0 Å². The van der Waals surface area contributed by atoms with E-state index in [1.807, 2.05) is 18.2 Å². The minimum atomic E-state index is -0.376. The molecule has 0 bridgehead atoms. The van der Waals surface area contributed by atoms with Crippen LogP contribution in [0.1, 0.15) is 17.8 Å². The third-order valence-corrected chi connectivity index (χ3v) is 4.37. The standard InChI is InChI=1S/C17H11N3O2S.CH4/c21-16-12(5-3-10-2-1-7-18-15(10)16)17(22)20-11-4-6-13-14(8-11)23-9-19-13;/h1-9,21H,(H,20,22);1H4. The number of phenolic OH excluding ortho intramolecular Hbond substituents is 1. The second-order valence-corrected chi connectivity index (χ2v) is 5.91. The minimum Gasteiger partial charge on any atom is -0.505 e. The van der Waals surface area contributed by atoms with Gasteiger partial charge in [-0.25, -0.2) is 4.98 Å². The van der Waals surface area contributed by atoms with Crippen LogP contribution in [-0.2, 0) is 0 Å². The summed E-state index contributed by atoms with van der Waals surface area (Å²) in [6.45, 7) is 0. The van der Waals surface area contributed by atoms with E-state index in [-0.39, 0.29) is 24.6 Å². The molecule has 2 aromatic heterocycles. The van der Waals surface area contributed by atoms with E-state index in [1.165, 1.54) is 11.3 Å². The molecule has 0 aliphatic heterocycles. The molecule has 120 valence electrons. The van der Waals surface area contributed by atoms with Crippen molar-refractivity contribution >= 4 is 44.1 Å². The number of amides is 1. The summed E-state index contributed by atoms with van der Waals surface area (Å²) < 4.78 is 0.993. The number of nitrogens with zero attached hydrogens (tertiary/aromatic N) is 2. The lowest BCUT2D eigenvalue weighted by atomic mass is 10.1. The first-order chi connectivity index (χ1) is 11.2. The second-order valence-electron chi connectivity index (χ2n) is 5.03. The van der Waals surface area contributed by atoms with Crippen molar-refractivity contribution in [3.8, 4) is 5.75 Å². The topological polar surface area (TPSA) is 75.1 Å². The molecule has 0 unspecified atom stereocenters. The number of aromatic hydroxyl groups is 1. The highest BCUT2D eigenvalue weighted by molar-refractivity contribution is 7.16. The van der Waals surface area contributed by atoms with E-state index in [2.05, 4.69) is 15.3 Å². The monoisotopic (exact) mass is 337 g/mol. The Bertz CT molecular complexity index is 1040. The normalized spacial score (nSPS) is 10.5. The summed E-state index contributed by atoms with van der Waals surface area (Å²) in [6, 6.07) is 12.5. The Morgan fingerprint density at radius 3 is 2.88 bits per heavy atom. The fourth-order valence-electron chi connectivity index (χ4n) is 2.44. The van der Waals surface area contributed by atoms with Crippen LogP contribution in [0, 0.1) is 0 Å². The number of carbonyl (C=O) groups is 1. The molecule has 0 saturated heterocycles. The first-order valence-electron chi connectivity index (χ1n) is 6.94. The van der Waals surface area contributed by atoms with Gasteiger partial charge in [-0.05, 0) is 30.3 Å². The summed E-state index contributed by atoms with van der Waals surface area (Å²) >= 11 is 1.51. The highest BCUT2D eigenvalue weighted by Crippen LogP contribution is 2.28. The molecule has 0 spiro atoms. The van der Waals surface area contributed by atoms with Crippen molar-refractivity contribution in [1.82, 2.24) is 9.97 Å². The number of thiazole rings is 1. The predicted molar refractivity (Wildman–Crippen MR) is 97.7 cm³/mol. The maximum absolute atomic E-state index is 12.4. The molecule has 5 nitrogen and oxygen atoms in total. The first-order valence-corrected chi connectivity index (χ1v) is 7.81. The van der Waals surface area contributed by atoms with Gasteiger partial charge in [-0.1, -0.05) is 19.6 Å². The van der Waals surface area contributed by atoms with Crippen LogP contribution in [0.4, 0.5) is 5.69 Å². The number of rotatable bonds is 2. The third kappa shape index (κ3) is 2.68. The molecule has 0 fully saturated rings. The molecule has 0 aliphatic carbocycles. The molecule has 4 rings (SSSR count). The number of pyridine rings is 1. The zero-order valence-electron chi connectivity index (χ0n) is 11.9. The number of aromatic nitrogens is 2. The molecule has 2 aromatic carbocycles. The molecular formula is C18H15N3O2S. The van der Waals surface area contributed by atoms with Gasteiger partial charge in [0.1, 0.15) is 5.52 Å². The molecule has 0 atom stereocenters. The summed E-state index contributed by atoms with van der Waals surface area (Å²) in [7, 11) is 0. The summed E-state index contributed by atoms with van der Waals surface area (Å²) in [5.74, 6) is -0.488. The summed E-state index contributed by atoms with van der Waals surface area (Å²) in [5.41, 5.74) is 3.92. The summed E-state index contributed by atoms with van der Waals surface area (Å²) in [6.07, 6.45) is 1.58. The highest BCUT2D eigenvalue weighted by Gasteiger charge is 2.15. The Labute approximate surface area is 142 Å². The van der Waals surface area contributed by atoms with E-state index in [0.29, 0.717) is 11.2 Å². The quantitative estimate of drug-likeness (QED) is 0.567. The van der Waals surface area contributed by atoms with E-state index in [4.69, 9.17) is 0 Å². The molecule has 6 heteroatoms. The highest BCUT2D eigenvalue weighted by atomic mass is 32.1. The molecule has 1 amide bonds. The average Bonchev–Trinajstić information content (AvgIpc) is 3.03. The SMILES string of the molecule is C.O=C(Nc1ccc2ncsc2c1)c1ccc2cccnc2c1O. The molecule has 2 heterocycles. The zero-order valence-corrected chi connectivity index (χ0v) is 12.7. The molecule has 4 aromatic rings. The van der Waals surface area contributed by atoms with Crippen molar-refractivity contribution in [2.45, 2.75) is 7.43 Å². The van der Waals surface area contributed by atoms with Crippen LogP contribution in [0.15, 0.2) is 54.2 Å². The van der Waals surface area contributed by atoms with Gasteiger partial charge >= 0.3 is 0 Å². The number of hydrogen-bond donors (Lipinski definition) is 2. The average molecular weight is 337 g/mol. The van der Waals surface area contributed by atoms with Gasteiger partial charge < -0.3 is 10.4 Å². The van der Waals surface area contributed by atoms with Crippen LogP contribution >= 0.6 is 11.3 Å². The Hall–Kier alpha value is -2.99. The molecule has 0 radical (unpaired) electrons. The predicted octanol–water partition coefficient (Wildman–Crippen LogP) is 4.44. The van der Waals surface area contributed by atoms with E-state index in [9.17, 15) is 9.90 Å². The number of nitrogens with one attached hydrogen (secondary N) is 1. The zero-order chi connectivity index (χ0) is 15.8. The maximum atomic E-state index is 12.4. The van der Waals surface area contributed by atoms with Crippen LogP contribution < -0.4 is 5.32 Å². The van der Waals surface area contributed by atoms with Crippen molar-refractivity contribution in [3.05, 3.63) is 59.7 Å². The van der Waals surface area contributed by atoms with Crippen LogP contribution in [0.25, 0.3) is 21.1 Å². The van der Waals surface area contributed by atoms with Crippen molar-refractivity contribution < 1.29 is 9.90 Å². The van der Waals surface area contributed by atoms with Crippen molar-refractivity contribution in [1.29, 1.82) is 0 Å². The number of phenols is 1.